The van der Waals surface area contributed by atoms with Crippen molar-refractivity contribution in [1.82, 2.24) is 4.98 Å². The van der Waals surface area contributed by atoms with E-state index in [1.807, 2.05) is 23.6 Å². The number of morpholine rings is 1. The fourth-order valence-electron chi connectivity index (χ4n) is 2.93. The second kappa shape index (κ2) is 8.21. The van der Waals surface area contributed by atoms with Crippen LogP contribution >= 0.6 is 11.3 Å². The van der Waals surface area contributed by atoms with E-state index in [1.54, 1.807) is 23.5 Å². The number of hydrogen-bond acceptors (Lipinski definition) is 7. The van der Waals surface area contributed by atoms with E-state index in [0.717, 1.165) is 29.5 Å². The second-order valence-corrected chi connectivity index (χ2v) is 8.95. The molecule has 2 heterocycles. The molecule has 2 aromatic carbocycles. The fourth-order valence-corrected chi connectivity index (χ4v) is 4.88. The maximum absolute atomic E-state index is 12.5. The van der Waals surface area contributed by atoms with Crippen molar-refractivity contribution in [2.24, 2.45) is 0 Å². The zero-order chi connectivity index (χ0) is 20.3. The zero-order valence-electron chi connectivity index (χ0n) is 15.4. The van der Waals surface area contributed by atoms with Gasteiger partial charge in [-0.05, 0) is 36.4 Å². The number of aromatic nitrogens is 1. The third-order valence-corrected chi connectivity index (χ3v) is 6.80. The smallest absolute Gasteiger partial charge is 0.261 e. The first kappa shape index (κ1) is 19.4. The van der Waals surface area contributed by atoms with Crippen LogP contribution in [0.15, 0.2) is 58.8 Å². The van der Waals surface area contributed by atoms with E-state index in [4.69, 9.17) is 15.0 Å². The molecule has 0 radical (unpaired) electrons. The lowest BCUT2D eigenvalue weighted by Crippen LogP contribution is -2.36. The third kappa shape index (κ3) is 4.40. The molecule has 148 valence electrons. The lowest BCUT2D eigenvalue weighted by atomic mass is 10.1. The molecular weight excluding hydrogens is 408 g/mol. The number of ether oxygens (including phenoxy) is 1. The van der Waals surface area contributed by atoms with Crippen LogP contribution in [0, 0.1) is 11.3 Å². The Morgan fingerprint density at radius 3 is 2.41 bits per heavy atom. The van der Waals surface area contributed by atoms with E-state index in [1.165, 1.54) is 24.3 Å². The summed E-state index contributed by atoms with van der Waals surface area (Å²) in [5.74, 6) is 0. The number of sulfonamides is 1. The van der Waals surface area contributed by atoms with Gasteiger partial charge in [0.2, 0.25) is 0 Å². The maximum atomic E-state index is 12.5. The number of anilines is 2. The molecule has 9 heteroatoms. The predicted octanol–water partition coefficient (Wildman–Crippen LogP) is 3.32. The first-order chi connectivity index (χ1) is 14.0. The van der Waals surface area contributed by atoms with Crippen molar-refractivity contribution in [2.75, 3.05) is 35.9 Å². The van der Waals surface area contributed by atoms with Gasteiger partial charge in [0.15, 0.2) is 5.13 Å². The molecule has 1 saturated heterocycles. The van der Waals surface area contributed by atoms with Gasteiger partial charge in [-0.25, -0.2) is 13.4 Å². The maximum Gasteiger partial charge on any atom is 0.261 e. The van der Waals surface area contributed by atoms with Crippen molar-refractivity contribution < 1.29 is 13.2 Å². The number of nitrogens with one attached hydrogen (secondary N) is 1. The molecule has 1 aliphatic heterocycles. The average molecular weight is 427 g/mol. The SMILES string of the molecule is N#Cc1ccc(S(=O)(=O)Nc2ccc(-c3csc(N4CCOCC4)n3)cc2)cc1. The Hall–Kier alpha value is -2.93. The van der Waals surface area contributed by atoms with Crippen LogP contribution in [-0.2, 0) is 14.8 Å². The summed E-state index contributed by atoms with van der Waals surface area (Å²) in [4.78, 5) is 7.01. The summed E-state index contributed by atoms with van der Waals surface area (Å²) < 4.78 is 33.0. The van der Waals surface area contributed by atoms with Crippen molar-refractivity contribution in [3.8, 4) is 17.3 Å². The molecule has 0 saturated carbocycles. The Balaban J connectivity index is 1.47. The molecule has 0 spiro atoms. The van der Waals surface area contributed by atoms with Gasteiger partial charge in [0.05, 0.1) is 35.4 Å². The highest BCUT2D eigenvalue weighted by Crippen LogP contribution is 2.29. The van der Waals surface area contributed by atoms with Crippen LogP contribution in [0.5, 0.6) is 0 Å². The lowest BCUT2D eigenvalue weighted by Gasteiger charge is -2.26. The molecule has 0 unspecified atom stereocenters. The monoisotopic (exact) mass is 426 g/mol. The van der Waals surface area contributed by atoms with Gasteiger partial charge in [-0.1, -0.05) is 12.1 Å². The van der Waals surface area contributed by atoms with Crippen LogP contribution in [-0.4, -0.2) is 39.7 Å². The number of benzene rings is 2. The van der Waals surface area contributed by atoms with Crippen LogP contribution in [0.4, 0.5) is 10.8 Å². The number of nitriles is 1. The Morgan fingerprint density at radius 1 is 1.07 bits per heavy atom. The van der Waals surface area contributed by atoms with Crippen LogP contribution in [0.25, 0.3) is 11.3 Å². The van der Waals surface area contributed by atoms with E-state index in [0.29, 0.717) is 24.5 Å². The number of thiazole rings is 1. The summed E-state index contributed by atoms with van der Waals surface area (Å²) in [6, 6.07) is 14.9. The molecule has 0 bridgehead atoms. The zero-order valence-corrected chi connectivity index (χ0v) is 17.0. The molecule has 0 atom stereocenters. The molecule has 1 N–H and O–H groups in total. The molecule has 7 nitrogen and oxygen atoms in total. The van der Waals surface area contributed by atoms with Gasteiger partial charge < -0.3 is 9.64 Å². The molecular formula is C20H18N4O3S2. The van der Waals surface area contributed by atoms with Gasteiger partial charge >= 0.3 is 0 Å². The van der Waals surface area contributed by atoms with Crippen molar-refractivity contribution in [3.05, 3.63) is 59.5 Å². The summed E-state index contributed by atoms with van der Waals surface area (Å²) in [7, 11) is -3.72. The van der Waals surface area contributed by atoms with Gasteiger partial charge in [-0.15, -0.1) is 11.3 Å². The van der Waals surface area contributed by atoms with E-state index in [2.05, 4.69) is 9.62 Å². The third-order valence-electron chi connectivity index (χ3n) is 4.50. The average Bonchev–Trinajstić information content (AvgIpc) is 3.25. The van der Waals surface area contributed by atoms with E-state index < -0.39 is 10.0 Å². The van der Waals surface area contributed by atoms with Crippen LogP contribution in [0.2, 0.25) is 0 Å². The Kier molecular flexibility index (Phi) is 5.49. The Morgan fingerprint density at radius 2 is 1.76 bits per heavy atom. The van der Waals surface area contributed by atoms with Crippen molar-refractivity contribution in [1.29, 1.82) is 5.26 Å². The highest BCUT2D eigenvalue weighted by molar-refractivity contribution is 7.92. The molecule has 4 rings (SSSR count). The quantitative estimate of drug-likeness (QED) is 0.672. The minimum Gasteiger partial charge on any atom is -0.378 e. The van der Waals surface area contributed by atoms with Crippen molar-refractivity contribution >= 4 is 32.2 Å². The molecule has 29 heavy (non-hydrogen) atoms. The van der Waals surface area contributed by atoms with E-state index in [-0.39, 0.29) is 4.90 Å². The molecule has 1 fully saturated rings. The highest BCUT2D eigenvalue weighted by atomic mass is 32.2. The summed E-state index contributed by atoms with van der Waals surface area (Å²) >= 11 is 1.59. The van der Waals surface area contributed by atoms with Crippen LogP contribution < -0.4 is 9.62 Å². The topological polar surface area (TPSA) is 95.3 Å². The van der Waals surface area contributed by atoms with E-state index in [9.17, 15) is 8.42 Å². The largest absolute Gasteiger partial charge is 0.378 e. The van der Waals surface area contributed by atoms with Gasteiger partial charge in [-0.2, -0.15) is 5.26 Å². The van der Waals surface area contributed by atoms with Gasteiger partial charge in [-0.3, -0.25) is 4.72 Å². The summed E-state index contributed by atoms with van der Waals surface area (Å²) in [6.07, 6.45) is 0. The Bertz CT molecular complexity index is 1130. The minimum absolute atomic E-state index is 0.107. The molecule has 1 aromatic heterocycles. The first-order valence-electron chi connectivity index (χ1n) is 8.97. The second-order valence-electron chi connectivity index (χ2n) is 6.43. The molecule has 0 aliphatic carbocycles. The first-order valence-corrected chi connectivity index (χ1v) is 11.3. The van der Waals surface area contributed by atoms with Crippen LogP contribution in [0.1, 0.15) is 5.56 Å². The number of rotatable bonds is 5. The van der Waals surface area contributed by atoms with E-state index >= 15 is 0 Å². The van der Waals surface area contributed by atoms with Crippen molar-refractivity contribution in [3.63, 3.8) is 0 Å². The van der Waals surface area contributed by atoms with Gasteiger partial charge in [0, 0.05) is 29.7 Å². The predicted molar refractivity (Wildman–Crippen MR) is 113 cm³/mol. The normalized spacial score (nSPS) is 14.4. The van der Waals surface area contributed by atoms with Gasteiger partial charge in [0.1, 0.15) is 0 Å². The Labute approximate surface area is 173 Å². The highest BCUT2D eigenvalue weighted by Gasteiger charge is 2.16. The summed E-state index contributed by atoms with van der Waals surface area (Å²) in [5.41, 5.74) is 2.65. The molecule has 0 amide bonds. The fraction of sp³-hybridized carbons (Fsp3) is 0.200. The van der Waals surface area contributed by atoms with Gasteiger partial charge in [0.25, 0.3) is 10.0 Å². The minimum atomic E-state index is -3.72. The van der Waals surface area contributed by atoms with Crippen LogP contribution in [0.3, 0.4) is 0 Å². The lowest BCUT2D eigenvalue weighted by molar-refractivity contribution is 0.122. The number of hydrogen-bond donors (Lipinski definition) is 1. The molecule has 3 aromatic rings. The molecule has 1 aliphatic rings. The summed E-state index contributed by atoms with van der Waals surface area (Å²) in [5, 5.41) is 11.8. The summed E-state index contributed by atoms with van der Waals surface area (Å²) in [6.45, 7) is 3.10. The van der Waals surface area contributed by atoms with Crippen molar-refractivity contribution in [2.45, 2.75) is 4.90 Å². The standard InChI is InChI=1S/C20H18N4O3S2/c21-13-15-1-7-18(8-2-15)29(25,26)23-17-5-3-16(4-6-17)19-14-28-20(22-19)24-9-11-27-12-10-24/h1-8,14,23H,9-12H2. The number of nitrogens with zero attached hydrogens (tertiary/aromatic N) is 3.